The van der Waals surface area contributed by atoms with Gasteiger partial charge in [-0.05, 0) is 63.1 Å². The lowest BCUT2D eigenvalue weighted by Crippen LogP contribution is -2.56. The summed E-state index contributed by atoms with van der Waals surface area (Å²) in [6.07, 6.45) is 4.93. The second-order valence-corrected chi connectivity index (χ2v) is 15.5. The zero-order valence-corrected chi connectivity index (χ0v) is 24.8. The zero-order chi connectivity index (χ0) is 28.4. The van der Waals surface area contributed by atoms with Crippen molar-refractivity contribution in [3.05, 3.63) is 64.9 Å². The molecule has 1 aliphatic heterocycles. The molecule has 1 saturated carbocycles. The summed E-state index contributed by atoms with van der Waals surface area (Å²) < 4.78 is 53.8. The van der Waals surface area contributed by atoms with E-state index in [-0.39, 0.29) is 15.3 Å². The molecule has 0 amide bonds. The summed E-state index contributed by atoms with van der Waals surface area (Å²) in [5.74, 6) is 1.09. The van der Waals surface area contributed by atoms with Gasteiger partial charge in [0, 0.05) is 19.6 Å². The van der Waals surface area contributed by atoms with Gasteiger partial charge in [-0.1, -0.05) is 29.3 Å². The molecule has 1 aliphatic carbocycles. The van der Waals surface area contributed by atoms with Crippen molar-refractivity contribution in [3.63, 3.8) is 0 Å². The predicted octanol–water partition coefficient (Wildman–Crippen LogP) is 4.41. The van der Waals surface area contributed by atoms with Crippen molar-refractivity contribution < 1.29 is 16.8 Å². The van der Waals surface area contributed by atoms with Gasteiger partial charge in [0.1, 0.15) is 0 Å². The van der Waals surface area contributed by atoms with Crippen LogP contribution < -0.4 is 9.80 Å². The first-order valence-electron chi connectivity index (χ1n) is 12.7. The van der Waals surface area contributed by atoms with Crippen LogP contribution in [0.5, 0.6) is 0 Å². The normalized spacial score (nSPS) is 17.2. The highest BCUT2D eigenvalue weighted by Gasteiger charge is 2.53. The number of piperazine rings is 1. The van der Waals surface area contributed by atoms with E-state index in [1.54, 1.807) is 44.4 Å². The molecular formula is C26H26Cl2N6O4S2. The molecule has 2 aromatic carbocycles. The summed E-state index contributed by atoms with van der Waals surface area (Å²) in [6.45, 7) is 4.96. The third kappa shape index (κ3) is 4.41. The molecule has 0 N–H and O–H groups in total. The van der Waals surface area contributed by atoms with Crippen molar-refractivity contribution in [3.8, 4) is 0 Å². The van der Waals surface area contributed by atoms with Crippen LogP contribution in [0, 0.1) is 0 Å². The highest BCUT2D eigenvalue weighted by atomic mass is 35.5. The van der Waals surface area contributed by atoms with E-state index >= 15 is 0 Å². The van der Waals surface area contributed by atoms with Crippen LogP contribution in [0.4, 0.5) is 11.8 Å². The SMILES string of the molecule is CC(C)S(=O)(=O)c1ccc(S(=O)(=O)n2nc(N3CCN(c4ncc(Cl)cn4)CC34CC4)c3c(Cl)cccc32)cc1. The second kappa shape index (κ2) is 9.57. The van der Waals surface area contributed by atoms with E-state index in [1.165, 1.54) is 24.3 Å². The van der Waals surface area contributed by atoms with Crippen LogP contribution >= 0.6 is 23.2 Å². The van der Waals surface area contributed by atoms with Gasteiger partial charge in [-0.3, -0.25) is 0 Å². The van der Waals surface area contributed by atoms with Gasteiger partial charge in [0.25, 0.3) is 10.0 Å². The minimum absolute atomic E-state index is 0.0636. The average Bonchev–Trinajstić information content (AvgIpc) is 3.57. The molecule has 40 heavy (non-hydrogen) atoms. The van der Waals surface area contributed by atoms with Gasteiger partial charge in [0.15, 0.2) is 15.7 Å². The minimum Gasteiger partial charge on any atom is -0.345 e. The van der Waals surface area contributed by atoms with Crippen molar-refractivity contribution in [2.75, 3.05) is 29.4 Å². The summed E-state index contributed by atoms with van der Waals surface area (Å²) in [6, 6.07) is 10.3. The first kappa shape index (κ1) is 27.3. The molecule has 1 saturated heterocycles. The van der Waals surface area contributed by atoms with Crippen LogP contribution in [-0.4, -0.2) is 66.4 Å². The second-order valence-electron chi connectivity index (χ2n) is 10.4. The molecule has 210 valence electrons. The molecule has 2 aromatic heterocycles. The zero-order valence-electron chi connectivity index (χ0n) is 21.7. The first-order valence-corrected chi connectivity index (χ1v) is 16.5. The van der Waals surface area contributed by atoms with E-state index in [4.69, 9.17) is 23.2 Å². The highest BCUT2D eigenvalue weighted by molar-refractivity contribution is 7.92. The molecule has 14 heteroatoms. The Kier molecular flexibility index (Phi) is 6.52. The van der Waals surface area contributed by atoms with Gasteiger partial charge in [0.05, 0.1) is 53.9 Å². The van der Waals surface area contributed by atoms with Crippen LogP contribution in [0.15, 0.2) is 64.6 Å². The van der Waals surface area contributed by atoms with Gasteiger partial charge in [-0.25, -0.2) is 18.4 Å². The molecule has 6 rings (SSSR count). The van der Waals surface area contributed by atoms with E-state index in [0.29, 0.717) is 52.3 Å². The largest absolute Gasteiger partial charge is 0.345 e. The first-order chi connectivity index (χ1) is 18.9. The average molecular weight is 622 g/mol. The molecular weight excluding hydrogens is 595 g/mol. The van der Waals surface area contributed by atoms with Gasteiger partial charge >= 0.3 is 0 Å². The quantitative estimate of drug-likeness (QED) is 0.309. The Balaban J connectivity index is 1.39. The van der Waals surface area contributed by atoms with Gasteiger partial charge < -0.3 is 9.80 Å². The van der Waals surface area contributed by atoms with E-state index in [1.807, 2.05) is 0 Å². The number of nitrogens with zero attached hydrogens (tertiary/aromatic N) is 6. The van der Waals surface area contributed by atoms with Crippen molar-refractivity contribution in [2.45, 2.75) is 47.3 Å². The van der Waals surface area contributed by atoms with Crippen molar-refractivity contribution in [2.24, 2.45) is 0 Å². The number of aromatic nitrogens is 4. The van der Waals surface area contributed by atoms with Gasteiger partial charge in [-0.15, -0.1) is 5.10 Å². The highest BCUT2D eigenvalue weighted by Crippen LogP contribution is 2.49. The fourth-order valence-electron chi connectivity index (χ4n) is 5.15. The Morgan fingerprint density at radius 3 is 2.17 bits per heavy atom. The molecule has 0 unspecified atom stereocenters. The number of fused-ring (bicyclic) bond motifs is 1. The molecule has 10 nitrogen and oxygen atoms in total. The van der Waals surface area contributed by atoms with Gasteiger partial charge in [-0.2, -0.15) is 12.5 Å². The fourth-order valence-corrected chi connectivity index (χ4v) is 7.84. The van der Waals surface area contributed by atoms with Crippen LogP contribution in [-0.2, 0) is 19.9 Å². The van der Waals surface area contributed by atoms with Crippen LogP contribution in [0.1, 0.15) is 26.7 Å². The maximum atomic E-state index is 13.8. The summed E-state index contributed by atoms with van der Waals surface area (Å²) in [5, 5.41) is 5.43. The molecule has 3 heterocycles. The van der Waals surface area contributed by atoms with Crippen molar-refractivity contribution in [1.29, 1.82) is 0 Å². The summed E-state index contributed by atoms with van der Waals surface area (Å²) in [4.78, 5) is 13.0. The fraction of sp³-hybridized carbons (Fsp3) is 0.346. The number of hydrogen-bond acceptors (Lipinski definition) is 9. The van der Waals surface area contributed by atoms with Crippen molar-refractivity contribution >= 4 is 65.7 Å². The maximum absolute atomic E-state index is 13.8. The summed E-state index contributed by atoms with van der Waals surface area (Å²) in [7, 11) is -7.72. The Morgan fingerprint density at radius 2 is 1.55 bits per heavy atom. The number of hydrogen-bond donors (Lipinski definition) is 0. The van der Waals surface area contributed by atoms with E-state index in [9.17, 15) is 16.8 Å². The van der Waals surface area contributed by atoms with Crippen LogP contribution in [0.3, 0.4) is 0 Å². The molecule has 0 radical (unpaired) electrons. The maximum Gasteiger partial charge on any atom is 0.283 e. The monoisotopic (exact) mass is 620 g/mol. The molecule has 0 atom stereocenters. The third-order valence-electron chi connectivity index (χ3n) is 7.53. The lowest BCUT2D eigenvalue weighted by molar-refractivity contribution is 0.498. The smallest absolute Gasteiger partial charge is 0.283 e. The van der Waals surface area contributed by atoms with Crippen LogP contribution in [0.25, 0.3) is 10.9 Å². The molecule has 2 aliphatic rings. The summed E-state index contributed by atoms with van der Waals surface area (Å²) in [5.41, 5.74) is 0.0870. The molecule has 2 fully saturated rings. The number of sulfone groups is 1. The Hall–Kier alpha value is -2.93. The van der Waals surface area contributed by atoms with E-state index < -0.39 is 25.1 Å². The standard InChI is InChI=1S/C26H26Cl2N6O4S2/c1-17(2)39(35,36)19-6-8-20(9-7-19)40(37,38)34-22-5-3-4-21(28)23(22)24(31-34)33-13-12-32(16-26(33)10-11-26)25-29-14-18(27)15-30-25/h3-9,14-15,17H,10-13,16H2,1-2H3. The number of anilines is 2. The molecule has 1 spiro atoms. The van der Waals surface area contributed by atoms with E-state index in [0.717, 1.165) is 16.9 Å². The van der Waals surface area contributed by atoms with Gasteiger partial charge in [0.2, 0.25) is 5.95 Å². The third-order valence-corrected chi connectivity index (χ3v) is 11.8. The lowest BCUT2D eigenvalue weighted by Gasteiger charge is -2.42. The predicted molar refractivity (Wildman–Crippen MR) is 155 cm³/mol. The minimum atomic E-state index is -4.17. The Morgan fingerprint density at radius 1 is 0.900 bits per heavy atom. The summed E-state index contributed by atoms with van der Waals surface area (Å²) >= 11 is 12.6. The number of rotatable bonds is 6. The number of halogens is 2. The van der Waals surface area contributed by atoms with E-state index in [2.05, 4.69) is 24.9 Å². The lowest BCUT2D eigenvalue weighted by atomic mass is 10.1. The topological polar surface area (TPSA) is 118 Å². The molecule has 4 aromatic rings. The van der Waals surface area contributed by atoms with Crippen LogP contribution in [0.2, 0.25) is 10.0 Å². The van der Waals surface area contributed by atoms with Crippen molar-refractivity contribution in [1.82, 2.24) is 19.2 Å². The molecule has 0 bridgehead atoms. The Bertz CT molecular complexity index is 1820. The number of benzene rings is 2. The Labute approximate surface area is 242 Å².